The molecular formula is C13H20O3. The molecule has 0 heterocycles. The first-order valence-electron chi connectivity index (χ1n) is 6.02. The van der Waals surface area contributed by atoms with Gasteiger partial charge in [0.1, 0.15) is 0 Å². The van der Waals surface area contributed by atoms with Gasteiger partial charge >= 0.3 is 5.97 Å². The minimum absolute atomic E-state index is 0.113. The number of ether oxygens (including phenoxy) is 1. The minimum Gasteiger partial charge on any atom is -0.465 e. The smallest absolute Gasteiger partial charge is 0.341 e. The third-order valence-electron chi connectivity index (χ3n) is 3.08. The van der Waals surface area contributed by atoms with Crippen molar-refractivity contribution in [2.45, 2.75) is 45.4 Å². The summed E-state index contributed by atoms with van der Waals surface area (Å²) < 4.78 is 4.65. The summed E-state index contributed by atoms with van der Waals surface area (Å²) in [6.45, 7) is 1.76. The average molecular weight is 224 g/mol. The standard InChI is InChI=1S/C13H20O3/c1-3-12(14)11(13(15)16-2)9-10-7-5-4-6-8-10/h9-10H,3-8H2,1-2H3. The van der Waals surface area contributed by atoms with E-state index in [1.807, 2.05) is 6.08 Å². The summed E-state index contributed by atoms with van der Waals surface area (Å²) in [6, 6.07) is 0. The van der Waals surface area contributed by atoms with Gasteiger partial charge < -0.3 is 4.74 Å². The number of allylic oxidation sites excluding steroid dienone is 1. The zero-order valence-electron chi connectivity index (χ0n) is 10.1. The second-order valence-corrected chi connectivity index (χ2v) is 4.25. The van der Waals surface area contributed by atoms with E-state index in [1.165, 1.54) is 26.4 Å². The van der Waals surface area contributed by atoms with Crippen LogP contribution < -0.4 is 0 Å². The number of Topliss-reactive ketones (excluding diaryl/α,β-unsaturated/α-hetero) is 1. The van der Waals surface area contributed by atoms with Crippen molar-refractivity contribution in [3.05, 3.63) is 11.6 Å². The summed E-state index contributed by atoms with van der Waals surface area (Å²) in [5, 5.41) is 0. The van der Waals surface area contributed by atoms with Gasteiger partial charge in [0, 0.05) is 6.42 Å². The van der Waals surface area contributed by atoms with Crippen LogP contribution >= 0.6 is 0 Å². The molecule has 3 nitrogen and oxygen atoms in total. The number of hydrogen-bond acceptors (Lipinski definition) is 3. The van der Waals surface area contributed by atoms with Crippen molar-refractivity contribution in [2.24, 2.45) is 5.92 Å². The molecule has 16 heavy (non-hydrogen) atoms. The number of carbonyl (C=O) groups is 2. The van der Waals surface area contributed by atoms with Gasteiger partial charge in [-0.25, -0.2) is 4.79 Å². The normalized spacial score (nSPS) is 18.2. The van der Waals surface area contributed by atoms with Crippen LogP contribution in [-0.2, 0) is 14.3 Å². The molecule has 0 unspecified atom stereocenters. The van der Waals surface area contributed by atoms with Crippen molar-refractivity contribution in [3.8, 4) is 0 Å². The molecule has 0 saturated heterocycles. The number of ketones is 1. The van der Waals surface area contributed by atoms with Crippen molar-refractivity contribution in [2.75, 3.05) is 7.11 Å². The second-order valence-electron chi connectivity index (χ2n) is 4.25. The third kappa shape index (κ3) is 3.47. The Morgan fingerprint density at radius 2 is 1.88 bits per heavy atom. The van der Waals surface area contributed by atoms with Crippen LogP contribution in [0.3, 0.4) is 0 Å². The monoisotopic (exact) mass is 224 g/mol. The molecular weight excluding hydrogens is 204 g/mol. The van der Waals surface area contributed by atoms with Gasteiger partial charge in [-0.15, -0.1) is 0 Å². The highest BCUT2D eigenvalue weighted by Crippen LogP contribution is 2.26. The summed E-state index contributed by atoms with van der Waals surface area (Å²) in [7, 11) is 1.32. The number of esters is 1. The summed E-state index contributed by atoms with van der Waals surface area (Å²) in [4.78, 5) is 23.1. The summed E-state index contributed by atoms with van der Waals surface area (Å²) >= 11 is 0. The number of carbonyl (C=O) groups excluding carboxylic acids is 2. The fourth-order valence-corrected chi connectivity index (χ4v) is 2.11. The quantitative estimate of drug-likeness (QED) is 0.319. The molecule has 0 radical (unpaired) electrons. The first kappa shape index (κ1) is 12.9. The Balaban J connectivity index is 2.77. The van der Waals surface area contributed by atoms with Gasteiger partial charge in [-0.2, -0.15) is 0 Å². The summed E-state index contributed by atoms with van der Waals surface area (Å²) in [6.07, 6.45) is 7.99. The van der Waals surface area contributed by atoms with Gasteiger partial charge in [0.15, 0.2) is 5.78 Å². The Morgan fingerprint density at radius 1 is 1.25 bits per heavy atom. The molecule has 0 aromatic heterocycles. The molecule has 90 valence electrons. The predicted octanol–water partition coefficient (Wildman–Crippen LogP) is 2.65. The summed E-state index contributed by atoms with van der Waals surface area (Å²) in [5.74, 6) is -0.229. The van der Waals surface area contributed by atoms with Gasteiger partial charge in [0.05, 0.1) is 12.7 Å². The lowest BCUT2D eigenvalue weighted by Crippen LogP contribution is -2.16. The van der Waals surface area contributed by atoms with Crippen LogP contribution in [0.1, 0.15) is 45.4 Å². The van der Waals surface area contributed by atoms with Gasteiger partial charge in [-0.1, -0.05) is 32.3 Å². The van der Waals surface area contributed by atoms with Crippen LogP contribution in [0.5, 0.6) is 0 Å². The Morgan fingerprint density at radius 3 is 2.38 bits per heavy atom. The molecule has 0 aliphatic heterocycles. The van der Waals surface area contributed by atoms with E-state index >= 15 is 0 Å². The zero-order valence-corrected chi connectivity index (χ0v) is 10.1. The fraction of sp³-hybridized carbons (Fsp3) is 0.692. The molecule has 0 amide bonds. The highest BCUT2D eigenvalue weighted by atomic mass is 16.5. The predicted molar refractivity (Wildman–Crippen MR) is 62.0 cm³/mol. The highest BCUT2D eigenvalue weighted by Gasteiger charge is 2.20. The maximum atomic E-state index is 11.6. The number of hydrogen-bond donors (Lipinski definition) is 0. The maximum Gasteiger partial charge on any atom is 0.341 e. The van der Waals surface area contributed by atoms with Crippen molar-refractivity contribution < 1.29 is 14.3 Å². The molecule has 1 rings (SSSR count). The molecule has 0 spiro atoms. The molecule has 0 aromatic carbocycles. The Labute approximate surface area is 96.9 Å². The molecule has 1 saturated carbocycles. The maximum absolute atomic E-state index is 11.6. The van der Waals surface area contributed by atoms with E-state index in [1.54, 1.807) is 6.92 Å². The van der Waals surface area contributed by atoms with E-state index in [0.717, 1.165) is 12.8 Å². The average Bonchev–Trinajstić information content (AvgIpc) is 2.35. The fourth-order valence-electron chi connectivity index (χ4n) is 2.11. The van der Waals surface area contributed by atoms with Crippen LogP contribution in [0.4, 0.5) is 0 Å². The highest BCUT2D eigenvalue weighted by molar-refractivity contribution is 6.17. The molecule has 1 aliphatic rings. The SMILES string of the molecule is CCC(=O)C(=CC1CCCCC1)C(=O)OC. The first-order valence-corrected chi connectivity index (χ1v) is 6.02. The van der Waals surface area contributed by atoms with Crippen LogP contribution in [0.15, 0.2) is 11.6 Å². The van der Waals surface area contributed by atoms with Crippen LogP contribution in [0.2, 0.25) is 0 Å². The van der Waals surface area contributed by atoms with Gasteiger partial charge in [0.25, 0.3) is 0 Å². The van der Waals surface area contributed by atoms with E-state index in [4.69, 9.17) is 0 Å². The zero-order chi connectivity index (χ0) is 12.0. The Kier molecular flexibility index (Phi) is 5.23. The van der Waals surface area contributed by atoms with Crippen molar-refractivity contribution in [3.63, 3.8) is 0 Å². The lowest BCUT2D eigenvalue weighted by atomic mass is 9.87. The molecule has 0 bridgehead atoms. The van der Waals surface area contributed by atoms with E-state index in [2.05, 4.69) is 4.74 Å². The second kappa shape index (κ2) is 6.46. The molecule has 0 N–H and O–H groups in total. The van der Waals surface area contributed by atoms with Crippen LogP contribution in [0.25, 0.3) is 0 Å². The summed E-state index contributed by atoms with van der Waals surface area (Å²) in [5.41, 5.74) is 0.247. The first-order chi connectivity index (χ1) is 7.69. The van der Waals surface area contributed by atoms with Crippen molar-refractivity contribution in [1.82, 2.24) is 0 Å². The van der Waals surface area contributed by atoms with Crippen LogP contribution in [-0.4, -0.2) is 18.9 Å². The number of rotatable bonds is 4. The van der Waals surface area contributed by atoms with Crippen molar-refractivity contribution >= 4 is 11.8 Å². The molecule has 3 heteroatoms. The number of methoxy groups -OCH3 is 1. The Hall–Kier alpha value is -1.12. The van der Waals surface area contributed by atoms with E-state index < -0.39 is 5.97 Å². The Bertz CT molecular complexity index is 268. The van der Waals surface area contributed by atoms with E-state index in [9.17, 15) is 9.59 Å². The lowest BCUT2D eigenvalue weighted by Gasteiger charge is -2.18. The van der Waals surface area contributed by atoms with E-state index in [-0.39, 0.29) is 11.4 Å². The van der Waals surface area contributed by atoms with E-state index in [0.29, 0.717) is 12.3 Å². The third-order valence-corrected chi connectivity index (χ3v) is 3.08. The topological polar surface area (TPSA) is 43.4 Å². The van der Waals surface area contributed by atoms with Gasteiger partial charge in [-0.05, 0) is 18.8 Å². The molecule has 0 aromatic rings. The largest absolute Gasteiger partial charge is 0.465 e. The van der Waals surface area contributed by atoms with Gasteiger partial charge in [-0.3, -0.25) is 4.79 Å². The molecule has 1 fully saturated rings. The van der Waals surface area contributed by atoms with Gasteiger partial charge in [0.2, 0.25) is 0 Å². The van der Waals surface area contributed by atoms with Crippen molar-refractivity contribution in [1.29, 1.82) is 0 Å². The van der Waals surface area contributed by atoms with Crippen LogP contribution in [0, 0.1) is 5.92 Å². The molecule has 1 aliphatic carbocycles. The molecule has 0 atom stereocenters. The minimum atomic E-state index is -0.488. The lowest BCUT2D eigenvalue weighted by molar-refractivity contribution is -0.137.